The van der Waals surface area contributed by atoms with Crippen molar-refractivity contribution in [3.8, 4) is 5.75 Å². The number of ether oxygens (including phenoxy) is 2. The molecule has 2 saturated heterocycles. The fourth-order valence-corrected chi connectivity index (χ4v) is 5.27. The lowest BCUT2D eigenvalue weighted by Gasteiger charge is -2.43. The molecule has 0 spiro atoms. The number of nitrogens with zero attached hydrogens (tertiary/aromatic N) is 1. The van der Waals surface area contributed by atoms with Gasteiger partial charge in [0.25, 0.3) is 0 Å². The SMILES string of the molecule is COc1ccc(Cl)cc1NCCC(=O)NCC1(N2CCOCC2)CCSC1. The van der Waals surface area contributed by atoms with Gasteiger partial charge in [-0.1, -0.05) is 11.6 Å². The number of morpholine rings is 1. The minimum atomic E-state index is 0.0630. The number of benzene rings is 1. The van der Waals surface area contributed by atoms with Gasteiger partial charge in [0.1, 0.15) is 5.75 Å². The number of carbonyl (C=O) groups is 1. The molecular formula is C19H28ClN3O3S. The van der Waals surface area contributed by atoms with Crippen molar-refractivity contribution < 1.29 is 14.3 Å². The Morgan fingerprint density at radius 2 is 2.22 bits per heavy atom. The molecule has 1 amide bonds. The average molecular weight is 414 g/mol. The van der Waals surface area contributed by atoms with Crippen molar-refractivity contribution >= 4 is 35.0 Å². The molecule has 0 aliphatic carbocycles. The molecular weight excluding hydrogens is 386 g/mol. The van der Waals surface area contributed by atoms with E-state index >= 15 is 0 Å². The summed E-state index contributed by atoms with van der Waals surface area (Å²) in [6.45, 7) is 4.71. The quantitative estimate of drug-likeness (QED) is 0.682. The van der Waals surface area contributed by atoms with Gasteiger partial charge in [0.05, 0.1) is 26.0 Å². The monoisotopic (exact) mass is 413 g/mol. The molecule has 8 heteroatoms. The molecule has 6 nitrogen and oxygen atoms in total. The van der Waals surface area contributed by atoms with E-state index in [-0.39, 0.29) is 11.4 Å². The summed E-state index contributed by atoms with van der Waals surface area (Å²) in [6, 6.07) is 5.40. The molecule has 0 aromatic heterocycles. The first-order valence-electron chi connectivity index (χ1n) is 9.38. The number of amides is 1. The number of hydrogen-bond acceptors (Lipinski definition) is 6. The zero-order valence-corrected chi connectivity index (χ0v) is 17.3. The highest BCUT2D eigenvalue weighted by Gasteiger charge is 2.40. The summed E-state index contributed by atoms with van der Waals surface area (Å²) in [6.07, 6.45) is 1.53. The molecule has 27 heavy (non-hydrogen) atoms. The largest absolute Gasteiger partial charge is 0.495 e. The molecule has 2 fully saturated rings. The Hall–Kier alpha value is -1.15. The number of methoxy groups -OCH3 is 1. The maximum atomic E-state index is 12.4. The van der Waals surface area contributed by atoms with Crippen molar-refractivity contribution in [2.24, 2.45) is 0 Å². The number of rotatable bonds is 8. The lowest BCUT2D eigenvalue weighted by molar-refractivity contribution is -0.121. The first-order valence-corrected chi connectivity index (χ1v) is 10.9. The molecule has 0 saturated carbocycles. The number of nitrogens with one attached hydrogen (secondary N) is 2. The van der Waals surface area contributed by atoms with Gasteiger partial charge in [0, 0.05) is 48.9 Å². The van der Waals surface area contributed by atoms with Crippen LogP contribution >= 0.6 is 23.4 Å². The van der Waals surface area contributed by atoms with E-state index in [2.05, 4.69) is 15.5 Å². The number of anilines is 1. The third-order valence-corrected chi connectivity index (χ3v) is 6.68. The predicted molar refractivity (Wildman–Crippen MR) is 111 cm³/mol. The number of carbonyl (C=O) groups excluding carboxylic acids is 1. The van der Waals surface area contributed by atoms with Crippen molar-refractivity contribution in [1.82, 2.24) is 10.2 Å². The van der Waals surface area contributed by atoms with E-state index in [1.165, 1.54) is 0 Å². The summed E-state index contributed by atoms with van der Waals surface area (Å²) in [4.78, 5) is 14.9. The summed E-state index contributed by atoms with van der Waals surface area (Å²) < 4.78 is 10.8. The lowest BCUT2D eigenvalue weighted by Crippen LogP contribution is -2.59. The molecule has 150 valence electrons. The van der Waals surface area contributed by atoms with Crippen LogP contribution in [-0.4, -0.2) is 74.4 Å². The third kappa shape index (κ3) is 5.44. The molecule has 0 radical (unpaired) electrons. The van der Waals surface area contributed by atoms with Gasteiger partial charge in [0.2, 0.25) is 5.91 Å². The Labute approximate surface area is 170 Å². The molecule has 2 aliphatic heterocycles. The average Bonchev–Trinajstić information content (AvgIpc) is 3.18. The highest BCUT2D eigenvalue weighted by Crippen LogP contribution is 2.33. The highest BCUT2D eigenvalue weighted by molar-refractivity contribution is 7.99. The first kappa shape index (κ1) is 20.6. The van der Waals surface area contributed by atoms with Gasteiger partial charge in [-0.05, 0) is 30.4 Å². The van der Waals surface area contributed by atoms with Crippen LogP contribution in [0.2, 0.25) is 5.02 Å². The molecule has 2 heterocycles. The van der Waals surface area contributed by atoms with Crippen molar-refractivity contribution in [2.75, 3.05) is 63.3 Å². The van der Waals surface area contributed by atoms with Crippen LogP contribution in [-0.2, 0) is 9.53 Å². The van der Waals surface area contributed by atoms with Gasteiger partial charge in [-0.15, -0.1) is 0 Å². The van der Waals surface area contributed by atoms with E-state index in [1.54, 1.807) is 13.2 Å². The van der Waals surface area contributed by atoms with Crippen LogP contribution in [0.3, 0.4) is 0 Å². The van der Waals surface area contributed by atoms with Crippen LogP contribution in [0.5, 0.6) is 5.75 Å². The molecule has 1 aromatic carbocycles. The minimum Gasteiger partial charge on any atom is -0.495 e. The van der Waals surface area contributed by atoms with Gasteiger partial charge >= 0.3 is 0 Å². The van der Waals surface area contributed by atoms with E-state index in [9.17, 15) is 4.79 Å². The standard InChI is InChI=1S/C19H28ClN3O3S/c1-25-17-3-2-15(20)12-16(17)21-6-4-18(24)22-13-19(5-11-27-14-19)23-7-9-26-10-8-23/h2-3,12,21H,4-11,13-14H2,1H3,(H,22,24). The Balaban J connectivity index is 1.47. The minimum absolute atomic E-state index is 0.0630. The zero-order valence-electron chi connectivity index (χ0n) is 15.8. The van der Waals surface area contributed by atoms with E-state index in [0.29, 0.717) is 30.3 Å². The number of hydrogen-bond donors (Lipinski definition) is 2. The van der Waals surface area contributed by atoms with E-state index in [4.69, 9.17) is 21.1 Å². The maximum absolute atomic E-state index is 12.4. The Kier molecular flexibility index (Phi) is 7.52. The predicted octanol–water partition coefficient (Wildman–Crippen LogP) is 2.47. The Bertz CT molecular complexity index is 635. The van der Waals surface area contributed by atoms with Gasteiger partial charge in [-0.2, -0.15) is 11.8 Å². The van der Waals surface area contributed by atoms with Crippen LogP contribution in [0, 0.1) is 0 Å². The summed E-state index contributed by atoms with van der Waals surface area (Å²) in [5, 5.41) is 7.03. The topological polar surface area (TPSA) is 62.8 Å². The summed E-state index contributed by atoms with van der Waals surface area (Å²) in [5.74, 6) is 3.01. The van der Waals surface area contributed by atoms with E-state index < -0.39 is 0 Å². The van der Waals surface area contributed by atoms with Gasteiger partial charge in [-0.25, -0.2) is 0 Å². The number of halogens is 1. The van der Waals surface area contributed by atoms with E-state index in [1.807, 2.05) is 23.9 Å². The van der Waals surface area contributed by atoms with Crippen LogP contribution < -0.4 is 15.4 Å². The normalized spacial score (nSPS) is 23.2. The second kappa shape index (κ2) is 9.87. The van der Waals surface area contributed by atoms with Crippen molar-refractivity contribution in [2.45, 2.75) is 18.4 Å². The van der Waals surface area contributed by atoms with Gasteiger partial charge in [0.15, 0.2) is 0 Å². The van der Waals surface area contributed by atoms with Crippen LogP contribution in [0.15, 0.2) is 18.2 Å². The summed E-state index contributed by atoms with van der Waals surface area (Å²) in [7, 11) is 1.62. The molecule has 1 aromatic rings. The molecule has 2 aliphatic rings. The third-order valence-electron chi connectivity index (χ3n) is 5.21. The van der Waals surface area contributed by atoms with Crippen molar-refractivity contribution in [3.05, 3.63) is 23.2 Å². The second-order valence-electron chi connectivity index (χ2n) is 6.92. The first-order chi connectivity index (χ1) is 13.1. The van der Waals surface area contributed by atoms with Gasteiger partial charge < -0.3 is 20.1 Å². The van der Waals surface area contributed by atoms with Crippen molar-refractivity contribution in [1.29, 1.82) is 0 Å². The van der Waals surface area contributed by atoms with Gasteiger partial charge in [-0.3, -0.25) is 9.69 Å². The molecule has 1 unspecified atom stereocenters. The maximum Gasteiger partial charge on any atom is 0.221 e. The fraction of sp³-hybridized carbons (Fsp3) is 0.632. The van der Waals surface area contributed by atoms with Crippen LogP contribution in [0.1, 0.15) is 12.8 Å². The molecule has 1 atom stereocenters. The number of thioether (sulfide) groups is 1. The zero-order chi connectivity index (χ0) is 19.1. The van der Waals surface area contributed by atoms with Crippen molar-refractivity contribution in [3.63, 3.8) is 0 Å². The molecule has 3 rings (SSSR count). The highest BCUT2D eigenvalue weighted by atomic mass is 35.5. The second-order valence-corrected chi connectivity index (χ2v) is 8.47. The Morgan fingerprint density at radius 3 is 2.93 bits per heavy atom. The van der Waals surface area contributed by atoms with Crippen LogP contribution in [0.4, 0.5) is 5.69 Å². The molecule has 2 N–H and O–H groups in total. The Morgan fingerprint density at radius 1 is 1.41 bits per heavy atom. The summed E-state index contributed by atoms with van der Waals surface area (Å²) >= 11 is 8.01. The molecule has 0 bridgehead atoms. The summed E-state index contributed by atoms with van der Waals surface area (Å²) in [5.41, 5.74) is 0.878. The lowest BCUT2D eigenvalue weighted by atomic mass is 9.95. The fourth-order valence-electron chi connectivity index (χ4n) is 3.62. The smallest absolute Gasteiger partial charge is 0.221 e. The van der Waals surface area contributed by atoms with Crippen LogP contribution in [0.25, 0.3) is 0 Å². The van der Waals surface area contributed by atoms with E-state index in [0.717, 1.165) is 49.9 Å².